The minimum absolute atomic E-state index is 0.0427. The van der Waals surface area contributed by atoms with Gasteiger partial charge in [-0.15, -0.1) is 11.3 Å². The highest BCUT2D eigenvalue weighted by atomic mass is 32.2. The molecule has 3 aliphatic rings. The lowest BCUT2D eigenvalue weighted by atomic mass is 9.94. The van der Waals surface area contributed by atoms with E-state index in [-0.39, 0.29) is 17.9 Å². The van der Waals surface area contributed by atoms with Gasteiger partial charge in [-0.25, -0.2) is 4.99 Å². The number of fused-ring (bicyclic) bond motifs is 1. The number of anilines is 1. The molecule has 6 nitrogen and oxygen atoms in total. The van der Waals surface area contributed by atoms with E-state index in [1.807, 2.05) is 72.5 Å². The highest BCUT2D eigenvalue weighted by molar-refractivity contribution is 8.18. The number of amidine groups is 1. The van der Waals surface area contributed by atoms with Crippen LogP contribution < -0.4 is 5.32 Å². The van der Waals surface area contributed by atoms with Gasteiger partial charge in [-0.05, 0) is 119 Å². The molecule has 1 saturated heterocycles. The van der Waals surface area contributed by atoms with Crippen LogP contribution in [0.5, 0.6) is 0 Å². The zero-order chi connectivity index (χ0) is 31.8. The largest absolute Gasteiger partial charge is 0.322 e. The summed E-state index contributed by atoms with van der Waals surface area (Å²) in [5.41, 5.74) is 7.86. The number of aliphatic imine (C=N–C) groups is 1. The number of aromatic nitrogens is 1. The first-order valence-corrected chi connectivity index (χ1v) is 18.1. The average molecular weight is 649 g/mol. The van der Waals surface area contributed by atoms with Gasteiger partial charge in [0.15, 0.2) is 5.17 Å². The number of para-hydroxylation sites is 1. The van der Waals surface area contributed by atoms with Crippen LogP contribution in [0.4, 0.5) is 11.4 Å². The molecule has 2 aromatic heterocycles. The van der Waals surface area contributed by atoms with Crippen molar-refractivity contribution in [2.45, 2.75) is 84.6 Å². The third kappa shape index (κ3) is 6.00. The summed E-state index contributed by atoms with van der Waals surface area (Å²) < 4.78 is 2.22. The van der Waals surface area contributed by atoms with E-state index >= 15 is 0 Å². The molecule has 1 saturated carbocycles. The van der Waals surface area contributed by atoms with Crippen molar-refractivity contribution < 1.29 is 9.59 Å². The van der Waals surface area contributed by atoms with Crippen molar-refractivity contribution in [1.82, 2.24) is 9.47 Å². The van der Waals surface area contributed by atoms with Gasteiger partial charge in [0, 0.05) is 28.0 Å². The molecule has 2 aromatic carbocycles. The number of benzene rings is 2. The van der Waals surface area contributed by atoms with E-state index in [2.05, 4.69) is 29.8 Å². The normalized spacial score (nSPS) is 18.8. The molecule has 3 heterocycles. The van der Waals surface area contributed by atoms with Crippen LogP contribution in [0.25, 0.3) is 11.1 Å². The van der Waals surface area contributed by atoms with Crippen molar-refractivity contribution in [3.63, 3.8) is 0 Å². The molecule has 2 amide bonds. The van der Waals surface area contributed by atoms with Crippen molar-refractivity contribution in [2.75, 3.05) is 5.32 Å². The number of hydrogen-bond donors (Lipinski definition) is 1. The Morgan fingerprint density at radius 1 is 0.935 bits per heavy atom. The Morgan fingerprint density at radius 2 is 1.67 bits per heavy atom. The predicted octanol–water partition coefficient (Wildman–Crippen LogP) is 9.53. The zero-order valence-corrected chi connectivity index (χ0v) is 28.4. The predicted molar refractivity (Wildman–Crippen MR) is 192 cm³/mol. The summed E-state index contributed by atoms with van der Waals surface area (Å²) in [4.78, 5) is 36.9. The summed E-state index contributed by atoms with van der Waals surface area (Å²) in [5, 5.41) is 4.92. The molecule has 0 radical (unpaired) electrons. The quantitative estimate of drug-likeness (QED) is 0.212. The lowest BCUT2D eigenvalue weighted by molar-refractivity contribution is -0.124. The molecule has 0 bridgehead atoms. The Hall–Kier alpha value is -3.88. The highest BCUT2D eigenvalue weighted by Gasteiger charge is 2.39. The summed E-state index contributed by atoms with van der Waals surface area (Å²) in [6, 6.07) is 20.2. The molecule has 236 valence electrons. The van der Waals surface area contributed by atoms with Crippen LogP contribution in [0.2, 0.25) is 0 Å². The van der Waals surface area contributed by atoms with E-state index in [4.69, 9.17) is 4.99 Å². The van der Waals surface area contributed by atoms with Crippen LogP contribution in [-0.2, 0) is 17.6 Å². The summed E-state index contributed by atoms with van der Waals surface area (Å²) in [6.07, 6.45) is 11.7. The van der Waals surface area contributed by atoms with E-state index in [0.717, 1.165) is 101 Å². The number of carbonyl (C=O) groups is 2. The summed E-state index contributed by atoms with van der Waals surface area (Å²) in [6.45, 7) is 6.24. The molecule has 7 rings (SSSR count). The van der Waals surface area contributed by atoms with Gasteiger partial charge in [-0.3, -0.25) is 14.5 Å². The Balaban J connectivity index is 1.26. The Kier molecular flexibility index (Phi) is 8.75. The first-order valence-electron chi connectivity index (χ1n) is 16.5. The SMILES string of the molecule is Cc1ccc(NC(=O)c2c(-n3c(C)cc(/C=C4\SC(=Nc5ccccc5)N(C5CCCCC5)C4=O)c3C)sc3c2CCCC3)cc1. The van der Waals surface area contributed by atoms with Crippen molar-refractivity contribution in [3.8, 4) is 5.00 Å². The van der Waals surface area contributed by atoms with E-state index < -0.39 is 0 Å². The maximum absolute atomic E-state index is 14.1. The molecule has 1 N–H and O–H groups in total. The molecule has 8 heteroatoms. The minimum Gasteiger partial charge on any atom is -0.322 e. The molecule has 46 heavy (non-hydrogen) atoms. The van der Waals surface area contributed by atoms with Gasteiger partial charge < -0.3 is 9.88 Å². The lowest BCUT2D eigenvalue weighted by Gasteiger charge is -2.30. The maximum Gasteiger partial charge on any atom is 0.267 e. The monoisotopic (exact) mass is 648 g/mol. The van der Waals surface area contributed by atoms with Crippen LogP contribution in [0.15, 0.2) is 70.6 Å². The molecule has 0 atom stereocenters. The number of thioether (sulfide) groups is 1. The molecule has 2 aliphatic carbocycles. The van der Waals surface area contributed by atoms with Gasteiger partial charge in [0.1, 0.15) is 5.00 Å². The fourth-order valence-electron chi connectivity index (χ4n) is 7.00. The van der Waals surface area contributed by atoms with Crippen molar-refractivity contribution in [2.24, 2.45) is 4.99 Å². The third-order valence-corrected chi connectivity index (χ3v) is 11.7. The number of nitrogens with one attached hydrogen (secondary N) is 1. The van der Waals surface area contributed by atoms with Gasteiger partial charge in [-0.2, -0.15) is 0 Å². The zero-order valence-electron chi connectivity index (χ0n) is 26.8. The van der Waals surface area contributed by atoms with E-state index in [1.165, 1.54) is 28.6 Å². The Labute approximate surface area is 279 Å². The van der Waals surface area contributed by atoms with Crippen molar-refractivity contribution >= 4 is 57.5 Å². The highest BCUT2D eigenvalue weighted by Crippen LogP contribution is 2.42. The van der Waals surface area contributed by atoms with Crippen LogP contribution in [0, 0.1) is 20.8 Å². The number of rotatable bonds is 6. The second-order valence-corrected chi connectivity index (χ2v) is 14.8. The number of amides is 2. The van der Waals surface area contributed by atoms with E-state index in [9.17, 15) is 9.59 Å². The van der Waals surface area contributed by atoms with E-state index in [1.54, 1.807) is 11.3 Å². The van der Waals surface area contributed by atoms with Crippen molar-refractivity contribution in [1.29, 1.82) is 0 Å². The molecule has 2 fully saturated rings. The molecular weight excluding hydrogens is 609 g/mol. The second kappa shape index (κ2) is 13.1. The standard InChI is InChI=1S/C38H40N4O2S2/c1-24-18-20-29(21-19-24)39-35(43)34-31-16-10-11-17-32(31)45-37(34)41-25(2)22-27(26(41)3)23-33-36(44)42(30-14-8-5-9-15-30)38(46-33)40-28-12-6-4-7-13-28/h4,6-7,12-13,18-23,30H,5,8-11,14-17H2,1-3H3,(H,39,43)/b33-23-,40-38?. The van der Waals surface area contributed by atoms with Crippen LogP contribution in [0.1, 0.15) is 88.3 Å². The summed E-state index contributed by atoms with van der Waals surface area (Å²) in [7, 11) is 0. The van der Waals surface area contributed by atoms with Crippen LogP contribution in [-0.4, -0.2) is 32.5 Å². The van der Waals surface area contributed by atoms with Gasteiger partial charge in [0.25, 0.3) is 11.8 Å². The lowest BCUT2D eigenvalue weighted by Crippen LogP contribution is -2.40. The number of aryl methyl sites for hydroxylation is 3. The number of thiophene rings is 1. The molecule has 0 spiro atoms. The molecule has 4 aromatic rings. The minimum atomic E-state index is -0.0583. The Bertz CT molecular complexity index is 1840. The second-order valence-electron chi connectivity index (χ2n) is 12.7. The fourth-order valence-corrected chi connectivity index (χ4v) is 9.55. The average Bonchev–Trinajstić information content (AvgIpc) is 3.68. The van der Waals surface area contributed by atoms with Crippen LogP contribution >= 0.6 is 23.1 Å². The number of nitrogens with zero attached hydrogens (tertiary/aromatic N) is 3. The summed E-state index contributed by atoms with van der Waals surface area (Å²) >= 11 is 3.22. The topological polar surface area (TPSA) is 66.7 Å². The van der Waals surface area contributed by atoms with Gasteiger partial charge in [0.05, 0.1) is 16.2 Å². The third-order valence-electron chi connectivity index (χ3n) is 9.41. The van der Waals surface area contributed by atoms with Gasteiger partial charge in [0.2, 0.25) is 0 Å². The number of carbonyl (C=O) groups excluding carboxylic acids is 2. The van der Waals surface area contributed by atoms with Gasteiger partial charge in [-0.1, -0.05) is 55.2 Å². The van der Waals surface area contributed by atoms with Gasteiger partial charge >= 0.3 is 0 Å². The molecule has 1 aliphatic heterocycles. The number of hydrogen-bond acceptors (Lipinski definition) is 5. The first-order chi connectivity index (χ1) is 22.4. The molecule has 0 unspecified atom stereocenters. The Morgan fingerprint density at radius 3 is 2.43 bits per heavy atom. The first kappa shape index (κ1) is 30.8. The smallest absolute Gasteiger partial charge is 0.267 e. The molecular formula is C38H40N4O2S2. The van der Waals surface area contributed by atoms with Crippen molar-refractivity contribution in [3.05, 3.63) is 104 Å². The maximum atomic E-state index is 14.1. The van der Waals surface area contributed by atoms with E-state index in [0.29, 0.717) is 4.91 Å². The summed E-state index contributed by atoms with van der Waals surface area (Å²) in [5.74, 6) is -0.0155. The van der Waals surface area contributed by atoms with Crippen LogP contribution in [0.3, 0.4) is 0 Å². The fraction of sp³-hybridized carbons (Fsp3) is 0.342.